The van der Waals surface area contributed by atoms with Gasteiger partial charge in [-0.15, -0.1) is 0 Å². The summed E-state index contributed by atoms with van der Waals surface area (Å²) in [6.45, 7) is 0.618. The Bertz CT molecular complexity index is 723. The third-order valence-corrected chi connectivity index (χ3v) is 3.74. The van der Waals surface area contributed by atoms with Crippen LogP contribution in [-0.2, 0) is 9.53 Å². The van der Waals surface area contributed by atoms with Crippen LogP contribution in [0, 0.1) is 5.82 Å². The molecular weight excluding hydrogens is 311 g/mol. The first-order chi connectivity index (χ1) is 11.6. The van der Waals surface area contributed by atoms with E-state index in [-0.39, 0.29) is 17.9 Å². The first-order valence-electron chi connectivity index (χ1n) is 7.71. The molecule has 1 saturated heterocycles. The quantitative estimate of drug-likeness (QED) is 0.906. The highest BCUT2D eigenvalue weighted by atomic mass is 19.1. The zero-order valence-corrected chi connectivity index (χ0v) is 12.9. The predicted octanol–water partition coefficient (Wildman–Crippen LogP) is 3.20. The van der Waals surface area contributed by atoms with Crippen molar-refractivity contribution in [2.75, 3.05) is 17.2 Å². The highest BCUT2D eigenvalue weighted by Crippen LogP contribution is 2.18. The molecule has 3 rings (SSSR count). The minimum absolute atomic E-state index is 0.157. The van der Waals surface area contributed by atoms with Crippen molar-refractivity contribution in [2.24, 2.45) is 0 Å². The maximum atomic E-state index is 12.9. The standard InChI is InChI=1S/C18H17FN2O3/c19-13-5-3-12(4-6-13)17(22)20-14-7-9-15(10-8-14)21-18(23)16-2-1-11-24-16/h3-10,16H,1-2,11H2,(H,20,22)(H,21,23)/t16-/m0/s1. The number of ether oxygens (including phenoxy) is 1. The summed E-state index contributed by atoms with van der Waals surface area (Å²) in [7, 11) is 0. The summed E-state index contributed by atoms with van der Waals surface area (Å²) >= 11 is 0. The van der Waals surface area contributed by atoms with E-state index >= 15 is 0 Å². The lowest BCUT2D eigenvalue weighted by atomic mass is 10.2. The van der Waals surface area contributed by atoms with Crippen LogP contribution in [0.1, 0.15) is 23.2 Å². The number of halogens is 1. The first-order valence-corrected chi connectivity index (χ1v) is 7.71. The number of nitrogens with one attached hydrogen (secondary N) is 2. The van der Waals surface area contributed by atoms with Gasteiger partial charge in [0.2, 0.25) is 0 Å². The van der Waals surface area contributed by atoms with Crippen LogP contribution in [0.2, 0.25) is 0 Å². The number of hydrogen-bond acceptors (Lipinski definition) is 3. The number of benzene rings is 2. The molecule has 5 nitrogen and oxygen atoms in total. The van der Waals surface area contributed by atoms with Gasteiger partial charge in [-0.3, -0.25) is 9.59 Å². The molecule has 0 aliphatic carbocycles. The second-order valence-electron chi connectivity index (χ2n) is 5.53. The molecule has 6 heteroatoms. The summed E-state index contributed by atoms with van der Waals surface area (Å²) < 4.78 is 18.2. The van der Waals surface area contributed by atoms with Crippen molar-refractivity contribution in [3.05, 3.63) is 59.9 Å². The lowest BCUT2D eigenvalue weighted by Gasteiger charge is -2.11. The van der Waals surface area contributed by atoms with Gasteiger partial charge in [0.25, 0.3) is 11.8 Å². The van der Waals surface area contributed by atoms with E-state index in [1.165, 1.54) is 24.3 Å². The van der Waals surface area contributed by atoms with Crippen LogP contribution in [0.4, 0.5) is 15.8 Å². The van der Waals surface area contributed by atoms with Gasteiger partial charge in [0.15, 0.2) is 0 Å². The third-order valence-electron chi connectivity index (χ3n) is 3.74. The van der Waals surface area contributed by atoms with Crippen LogP contribution in [0.25, 0.3) is 0 Å². The molecule has 0 radical (unpaired) electrons. The zero-order valence-electron chi connectivity index (χ0n) is 12.9. The molecule has 0 bridgehead atoms. The molecule has 0 aromatic heterocycles. The van der Waals surface area contributed by atoms with Crippen LogP contribution in [0.3, 0.4) is 0 Å². The Balaban J connectivity index is 1.58. The summed E-state index contributed by atoms with van der Waals surface area (Å²) in [5.74, 6) is -0.875. The molecule has 2 aromatic carbocycles. The van der Waals surface area contributed by atoms with Crippen molar-refractivity contribution in [1.82, 2.24) is 0 Å². The van der Waals surface area contributed by atoms with Crippen LogP contribution in [-0.4, -0.2) is 24.5 Å². The molecule has 1 fully saturated rings. The van der Waals surface area contributed by atoms with E-state index in [0.29, 0.717) is 23.5 Å². The Morgan fingerprint density at radius 2 is 1.58 bits per heavy atom. The minimum Gasteiger partial charge on any atom is -0.368 e. The average molecular weight is 328 g/mol. The van der Waals surface area contributed by atoms with Crippen molar-refractivity contribution in [3.8, 4) is 0 Å². The van der Waals surface area contributed by atoms with Gasteiger partial charge < -0.3 is 15.4 Å². The number of anilines is 2. The van der Waals surface area contributed by atoms with E-state index in [2.05, 4.69) is 10.6 Å². The topological polar surface area (TPSA) is 67.4 Å². The van der Waals surface area contributed by atoms with Crippen molar-refractivity contribution in [1.29, 1.82) is 0 Å². The summed E-state index contributed by atoms with van der Waals surface area (Å²) in [6.07, 6.45) is 1.24. The van der Waals surface area contributed by atoms with Gasteiger partial charge in [-0.05, 0) is 61.4 Å². The van der Waals surface area contributed by atoms with Crippen LogP contribution < -0.4 is 10.6 Å². The van der Waals surface area contributed by atoms with Gasteiger partial charge in [0, 0.05) is 23.5 Å². The lowest BCUT2D eigenvalue weighted by Crippen LogP contribution is -2.26. The monoisotopic (exact) mass is 328 g/mol. The van der Waals surface area contributed by atoms with E-state index in [4.69, 9.17) is 4.74 Å². The largest absolute Gasteiger partial charge is 0.368 e. The first kappa shape index (κ1) is 16.1. The van der Waals surface area contributed by atoms with E-state index in [0.717, 1.165) is 12.8 Å². The SMILES string of the molecule is O=C(Nc1ccc(NC(=O)[C@@H]2CCCO2)cc1)c1ccc(F)cc1. The van der Waals surface area contributed by atoms with Gasteiger partial charge in [-0.25, -0.2) is 4.39 Å². The molecule has 24 heavy (non-hydrogen) atoms. The van der Waals surface area contributed by atoms with Crippen molar-refractivity contribution in [2.45, 2.75) is 18.9 Å². The van der Waals surface area contributed by atoms with Crippen LogP contribution in [0.15, 0.2) is 48.5 Å². The molecule has 2 amide bonds. The molecular formula is C18H17FN2O3. The Kier molecular flexibility index (Phi) is 4.86. The highest BCUT2D eigenvalue weighted by Gasteiger charge is 2.23. The molecule has 0 spiro atoms. The van der Waals surface area contributed by atoms with Gasteiger partial charge >= 0.3 is 0 Å². The maximum Gasteiger partial charge on any atom is 0.255 e. The second-order valence-corrected chi connectivity index (χ2v) is 5.53. The maximum absolute atomic E-state index is 12.9. The van der Waals surface area contributed by atoms with Crippen molar-refractivity contribution in [3.63, 3.8) is 0 Å². The van der Waals surface area contributed by atoms with Gasteiger partial charge in [0.05, 0.1) is 0 Å². The molecule has 2 N–H and O–H groups in total. The summed E-state index contributed by atoms with van der Waals surface area (Å²) in [5, 5.41) is 5.50. The Labute approximate surface area is 138 Å². The second kappa shape index (κ2) is 7.23. The Hall–Kier alpha value is -2.73. The molecule has 1 aliphatic rings. The summed E-state index contributed by atoms with van der Waals surface area (Å²) in [4.78, 5) is 24.0. The number of carbonyl (C=O) groups excluding carboxylic acids is 2. The number of carbonyl (C=O) groups is 2. The minimum atomic E-state index is -0.391. The van der Waals surface area contributed by atoms with Gasteiger partial charge in [0.1, 0.15) is 11.9 Å². The molecule has 124 valence electrons. The van der Waals surface area contributed by atoms with E-state index in [1.54, 1.807) is 24.3 Å². The van der Waals surface area contributed by atoms with Crippen molar-refractivity contribution < 1.29 is 18.7 Å². The fourth-order valence-corrected chi connectivity index (χ4v) is 2.45. The summed E-state index contributed by atoms with van der Waals surface area (Å²) in [5.41, 5.74) is 1.59. The summed E-state index contributed by atoms with van der Waals surface area (Å²) in [6, 6.07) is 12.1. The van der Waals surface area contributed by atoms with E-state index in [9.17, 15) is 14.0 Å². The highest BCUT2D eigenvalue weighted by molar-refractivity contribution is 6.04. The fraction of sp³-hybridized carbons (Fsp3) is 0.222. The molecule has 0 unspecified atom stereocenters. The van der Waals surface area contributed by atoms with E-state index in [1.807, 2.05) is 0 Å². The van der Waals surface area contributed by atoms with Gasteiger partial charge in [-0.1, -0.05) is 0 Å². The number of rotatable bonds is 4. The zero-order chi connectivity index (χ0) is 16.9. The third kappa shape index (κ3) is 3.97. The lowest BCUT2D eigenvalue weighted by molar-refractivity contribution is -0.124. The number of amides is 2. The molecule has 1 atom stereocenters. The normalized spacial score (nSPS) is 16.6. The molecule has 1 aliphatic heterocycles. The fourth-order valence-electron chi connectivity index (χ4n) is 2.45. The average Bonchev–Trinajstić information content (AvgIpc) is 3.12. The van der Waals surface area contributed by atoms with Crippen LogP contribution in [0.5, 0.6) is 0 Å². The molecule has 1 heterocycles. The Morgan fingerprint density at radius 3 is 2.17 bits per heavy atom. The van der Waals surface area contributed by atoms with Gasteiger partial charge in [-0.2, -0.15) is 0 Å². The van der Waals surface area contributed by atoms with Crippen molar-refractivity contribution >= 4 is 23.2 Å². The molecule has 0 saturated carbocycles. The number of hydrogen-bond donors (Lipinski definition) is 2. The molecule has 2 aromatic rings. The van der Waals surface area contributed by atoms with E-state index < -0.39 is 5.82 Å². The van der Waals surface area contributed by atoms with Crippen LogP contribution >= 0.6 is 0 Å². The Morgan fingerprint density at radius 1 is 0.958 bits per heavy atom. The predicted molar refractivity (Wildman–Crippen MR) is 88.4 cm³/mol. The smallest absolute Gasteiger partial charge is 0.255 e.